The number of nitrogens with zero attached hydrogens (tertiary/aromatic N) is 2. The molecule has 5 rings (SSSR count). The molecular weight excluding hydrogens is 360 g/mol. The summed E-state index contributed by atoms with van der Waals surface area (Å²) in [5.74, 6) is -0.557. The number of hydrogen-bond donors (Lipinski definition) is 1. The van der Waals surface area contributed by atoms with Gasteiger partial charge in [-0.25, -0.2) is 8.78 Å². The summed E-state index contributed by atoms with van der Waals surface area (Å²) in [6, 6.07) is 5.69. The number of fused-ring (bicyclic) bond motifs is 5. The van der Waals surface area contributed by atoms with E-state index in [0.717, 1.165) is 30.5 Å². The summed E-state index contributed by atoms with van der Waals surface area (Å²) in [6.07, 6.45) is 3.41. The van der Waals surface area contributed by atoms with Gasteiger partial charge in [0.1, 0.15) is 11.6 Å². The highest BCUT2D eigenvalue weighted by Gasteiger charge is 2.66. The smallest absolute Gasteiger partial charge is 0.220 e. The van der Waals surface area contributed by atoms with Crippen molar-refractivity contribution in [2.75, 3.05) is 6.54 Å². The number of benzene rings is 1. The maximum absolute atomic E-state index is 14.3. The molecule has 1 saturated heterocycles. The Labute approximate surface area is 162 Å². The van der Waals surface area contributed by atoms with E-state index in [-0.39, 0.29) is 33.9 Å². The Morgan fingerprint density at radius 3 is 2.57 bits per heavy atom. The Hall–Kier alpha value is -2.37. The van der Waals surface area contributed by atoms with Crippen LogP contribution < -0.4 is 5.32 Å². The van der Waals surface area contributed by atoms with Crippen molar-refractivity contribution in [3.05, 3.63) is 47.2 Å². The van der Waals surface area contributed by atoms with Crippen molar-refractivity contribution in [2.24, 2.45) is 11.3 Å². The molecule has 2 fully saturated rings. The number of carbonyl (C=O) groups excluding carboxylic acids is 1. The van der Waals surface area contributed by atoms with E-state index in [1.807, 2.05) is 6.07 Å². The highest BCUT2D eigenvalue weighted by Crippen LogP contribution is 2.70. The number of amides is 1. The van der Waals surface area contributed by atoms with Gasteiger partial charge >= 0.3 is 0 Å². The van der Waals surface area contributed by atoms with Gasteiger partial charge in [-0.1, -0.05) is 19.9 Å². The molecule has 1 N–H and O–H groups in total. The summed E-state index contributed by atoms with van der Waals surface area (Å²) in [7, 11) is 0. The highest BCUT2D eigenvalue weighted by atomic mass is 19.1. The van der Waals surface area contributed by atoms with Crippen LogP contribution in [0.4, 0.5) is 8.78 Å². The molecule has 4 nitrogen and oxygen atoms in total. The molecule has 1 amide bonds. The van der Waals surface area contributed by atoms with E-state index in [0.29, 0.717) is 18.9 Å². The molecule has 2 bridgehead atoms. The Morgan fingerprint density at radius 2 is 1.89 bits per heavy atom. The number of hydrogen-bond acceptors (Lipinski definition) is 3. The van der Waals surface area contributed by atoms with Crippen molar-refractivity contribution in [3.8, 4) is 11.3 Å². The lowest BCUT2D eigenvalue weighted by molar-refractivity contribution is -0.123. The second kappa shape index (κ2) is 5.82. The molecule has 0 spiro atoms. The maximum Gasteiger partial charge on any atom is 0.220 e. The fourth-order valence-corrected chi connectivity index (χ4v) is 6.29. The standard InChI is InChI=1S/C22H23F2N3O/c1-21(2)14-8-9-22(21,12-6-7-18(28)25-11-12)20-13(14)10-17(26-27-20)19-15(23)4-3-5-16(19)24/h3-5,10,12,14H,6-9,11H2,1-2H3,(H,25,28)/t12-,14-,22-/m0/s1. The van der Waals surface area contributed by atoms with Gasteiger partial charge in [-0.2, -0.15) is 10.2 Å². The largest absolute Gasteiger partial charge is 0.356 e. The highest BCUT2D eigenvalue weighted by molar-refractivity contribution is 5.76. The summed E-state index contributed by atoms with van der Waals surface area (Å²) >= 11 is 0. The average Bonchev–Trinajstić information content (AvgIpc) is 3.04. The van der Waals surface area contributed by atoms with Crippen LogP contribution in [-0.4, -0.2) is 22.6 Å². The SMILES string of the molecule is CC1(C)[C@H]2CC[C@]1([C@H]1CCC(=O)NC1)c1nnc(-c3c(F)cccc3F)cc12. The summed E-state index contributed by atoms with van der Waals surface area (Å²) in [6.45, 7) is 5.19. The Balaban J connectivity index is 1.64. The molecule has 2 heterocycles. The van der Waals surface area contributed by atoms with E-state index in [2.05, 4.69) is 29.4 Å². The summed E-state index contributed by atoms with van der Waals surface area (Å²) < 4.78 is 28.6. The summed E-state index contributed by atoms with van der Waals surface area (Å²) in [5.41, 5.74) is 1.99. The summed E-state index contributed by atoms with van der Waals surface area (Å²) in [5, 5.41) is 11.9. The van der Waals surface area contributed by atoms with Gasteiger partial charge in [-0.05, 0) is 60.3 Å². The molecule has 0 unspecified atom stereocenters. The third-order valence-electron chi connectivity index (χ3n) is 7.65. The van der Waals surface area contributed by atoms with Crippen molar-refractivity contribution < 1.29 is 13.6 Å². The minimum Gasteiger partial charge on any atom is -0.356 e. The fourth-order valence-electron chi connectivity index (χ4n) is 6.29. The molecule has 3 atom stereocenters. The number of halogens is 2. The van der Waals surface area contributed by atoms with Gasteiger partial charge in [0.2, 0.25) is 5.91 Å². The minimum absolute atomic E-state index is 0.0385. The number of rotatable bonds is 2. The van der Waals surface area contributed by atoms with Crippen molar-refractivity contribution in [1.29, 1.82) is 0 Å². The number of piperidine rings is 1. The van der Waals surface area contributed by atoms with Crippen LogP contribution >= 0.6 is 0 Å². The second-order valence-electron chi connectivity index (χ2n) is 8.95. The zero-order chi connectivity index (χ0) is 19.7. The molecule has 1 aliphatic heterocycles. The quantitative estimate of drug-likeness (QED) is 0.849. The Kier molecular flexibility index (Phi) is 3.68. The zero-order valence-corrected chi connectivity index (χ0v) is 16.1. The van der Waals surface area contributed by atoms with Crippen molar-refractivity contribution in [2.45, 2.75) is 50.9 Å². The maximum atomic E-state index is 14.3. The minimum atomic E-state index is -0.624. The average molecular weight is 383 g/mol. The number of carbonyl (C=O) groups is 1. The first-order chi connectivity index (χ1) is 13.4. The van der Waals surface area contributed by atoms with Crippen LogP contribution in [0.1, 0.15) is 56.7 Å². The molecule has 1 aromatic carbocycles. The van der Waals surface area contributed by atoms with Crippen LogP contribution in [0, 0.1) is 23.0 Å². The van der Waals surface area contributed by atoms with Gasteiger partial charge in [0.15, 0.2) is 0 Å². The molecule has 2 aliphatic carbocycles. The lowest BCUT2D eigenvalue weighted by Gasteiger charge is -2.45. The molecule has 0 radical (unpaired) electrons. The summed E-state index contributed by atoms with van der Waals surface area (Å²) in [4.78, 5) is 11.7. The zero-order valence-electron chi connectivity index (χ0n) is 16.1. The molecule has 1 saturated carbocycles. The monoisotopic (exact) mass is 383 g/mol. The van der Waals surface area contributed by atoms with E-state index >= 15 is 0 Å². The molecule has 6 heteroatoms. The van der Waals surface area contributed by atoms with E-state index in [1.165, 1.54) is 18.2 Å². The Bertz CT molecular complexity index is 959. The van der Waals surface area contributed by atoms with Crippen molar-refractivity contribution in [1.82, 2.24) is 15.5 Å². The van der Waals surface area contributed by atoms with Gasteiger partial charge in [0.05, 0.1) is 17.0 Å². The molecule has 1 aromatic heterocycles. The normalized spacial score (nSPS) is 30.2. The van der Waals surface area contributed by atoms with Crippen LogP contribution in [0.3, 0.4) is 0 Å². The molecule has 28 heavy (non-hydrogen) atoms. The van der Waals surface area contributed by atoms with Gasteiger partial charge in [-0.3, -0.25) is 4.79 Å². The third kappa shape index (κ3) is 2.12. The van der Waals surface area contributed by atoms with E-state index in [9.17, 15) is 13.6 Å². The van der Waals surface area contributed by atoms with Crippen LogP contribution in [0.25, 0.3) is 11.3 Å². The van der Waals surface area contributed by atoms with Crippen LogP contribution in [0.5, 0.6) is 0 Å². The van der Waals surface area contributed by atoms with Gasteiger partial charge in [0.25, 0.3) is 0 Å². The van der Waals surface area contributed by atoms with Gasteiger partial charge in [-0.15, -0.1) is 0 Å². The van der Waals surface area contributed by atoms with Gasteiger partial charge in [0, 0.05) is 18.4 Å². The second-order valence-corrected chi connectivity index (χ2v) is 8.95. The third-order valence-corrected chi connectivity index (χ3v) is 7.65. The van der Waals surface area contributed by atoms with E-state index < -0.39 is 11.6 Å². The predicted molar refractivity (Wildman–Crippen MR) is 101 cm³/mol. The number of aromatic nitrogens is 2. The van der Waals surface area contributed by atoms with Crippen LogP contribution in [0.15, 0.2) is 24.3 Å². The van der Waals surface area contributed by atoms with Crippen LogP contribution in [-0.2, 0) is 10.2 Å². The first kappa shape index (κ1) is 17.7. The predicted octanol–water partition coefficient (Wildman–Crippen LogP) is 4.10. The van der Waals surface area contributed by atoms with E-state index in [1.54, 1.807) is 0 Å². The lowest BCUT2D eigenvalue weighted by Crippen LogP contribution is -2.50. The Morgan fingerprint density at radius 1 is 1.14 bits per heavy atom. The molecule has 146 valence electrons. The van der Waals surface area contributed by atoms with Crippen molar-refractivity contribution >= 4 is 5.91 Å². The first-order valence-corrected chi connectivity index (χ1v) is 9.95. The molecular formula is C22H23F2N3O. The first-order valence-electron chi connectivity index (χ1n) is 9.95. The topological polar surface area (TPSA) is 54.9 Å². The van der Waals surface area contributed by atoms with Crippen molar-refractivity contribution in [3.63, 3.8) is 0 Å². The van der Waals surface area contributed by atoms with E-state index in [4.69, 9.17) is 0 Å². The van der Waals surface area contributed by atoms with Gasteiger partial charge < -0.3 is 5.32 Å². The fraction of sp³-hybridized carbons (Fsp3) is 0.500. The molecule has 2 aromatic rings. The number of nitrogens with one attached hydrogen (secondary N) is 1. The lowest BCUT2D eigenvalue weighted by atomic mass is 9.59. The van der Waals surface area contributed by atoms with Crippen LogP contribution in [0.2, 0.25) is 0 Å². The molecule has 3 aliphatic rings.